The van der Waals surface area contributed by atoms with Crippen molar-refractivity contribution in [2.24, 2.45) is 5.92 Å². The number of likely N-dealkylation sites (tertiary alicyclic amines) is 1. The summed E-state index contributed by atoms with van der Waals surface area (Å²) in [5.74, 6) is 0.320. The fraction of sp³-hybridized carbons (Fsp3) is 0.800. The van der Waals surface area contributed by atoms with E-state index in [0.717, 1.165) is 12.8 Å². The Morgan fingerprint density at radius 1 is 1.40 bits per heavy atom. The smallest absolute Gasteiger partial charge is 0.409 e. The molecular weight excluding hydrogens is 218 g/mol. The number of piperidine rings is 1. The molecule has 0 N–H and O–H groups in total. The topological polar surface area (TPSA) is 46.6 Å². The van der Waals surface area contributed by atoms with Gasteiger partial charge in [-0.15, -0.1) is 0 Å². The largest absolute Gasteiger partial charge is 0.450 e. The number of rotatable bonds is 3. The zero-order chi connectivity index (χ0) is 11.3. The van der Waals surface area contributed by atoms with Crippen LogP contribution in [-0.4, -0.2) is 35.9 Å². The summed E-state index contributed by atoms with van der Waals surface area (Å²) in [6.07, 6.45) is 1.82. The minimum atomic E-state index is -0.287. The predicted octanol–water partition coefficient (Wildman–Crippen LogP) is 2.01. The van der Waals surface area contributed by atoms with Gasteiger partial charge < -0.3 is 9.64 Å². The van der Waals surface area contributed by atoms with Crippen LogP contribution < -0.4 is 0 Å². The molecule has 15 heavy (non-hydrogen) atoms. The van der Waals surface area contributed by atoms with Crippen molar-refractivity contribution in [2.45, 2.75) is 26.2 Å². The molecule has 1 aliphatic heterocycles. The molecule has 1 saturated heterocycles. The maximum absolute atomic E-state index is 11.3. The van der Waals surface area contributed by atoms with E-state index in [0.29, 0.717) is 32.0 Å². The first-order valence-electron chi connectivity index (χ1n) is 5.23. The molecule has 0 radical (unpaired) electrons. The fourth-order valence-corrected chi connectivity index (χ4v) is 1.98. The maximum atomic E-state index is 11.3. The Labute approximate surface area is 94.5 Å². The summed E-state index contributed by atoms with van der Waals surface area (Å²) in [6.45, 7) is 3.51. The molecule has 5 heteroatoms. The molecule has 0 atom stereocenters. The van der Waals surface area contributed by atoms with Gasteiger partial charge in [0.05, 0.1) is 6.61 Å². The lowest BCUT2D eigenvalue weighted by Crippen LogP contribution is -2.39. The van der Waals surface area contributed by atoms with Crippen LogP contribution in [0.25, 0.3) is 0 Å². The maximum Gasteiger partial charge on any atom is 0.409 e. The third kappa shape index (κ3) is 4.08. The Bertz CT molecular complexity index is 237. The van der Waals surface area contributed by atoms with E-state index in [1.807, 2.05) is 0 Å². The van der Waals surface area contributed by atoms with Crippen LogP contribution in [0.3, 0.4) is 0 Å². The zero-order valence-electron chi connectivity index (χ0n) is 8.87. The van der Waals surface area contributed by atoms with Crippen molar-refractivity contribution in [3.63, 3.8) is 0 Å². The summed E-state index contributed by atoms with van der Waals surface area (Å²) < 4.78 is 4.89. The Kier molecular flexibility index (Phi) is 4.88. The third-order valence-electron chi connectivity index (χ3n) is 2.59. The molecule has 1 aliphatic rings. The van der Waals surface area contributed by atoms with Gasteiger partial charge in [0.25, 0.3) is 0 Å². The van der Waals surface area contributed by atoms with Crippen LogP contribution in [0.1, 0.15) is 26.2 Å². The molecule has 0 unspecified atom stereocenters. The zero-order valence-corrected chi connectivity index (χ0v) is 9.63. The van der Waals surface area contributed by atoms with Gasteiger partial charge >= 0.3 is 6.09 Å². The van der Waals surface area contributed by atoms with E-state index in [1.165, 1.54) is 0 Å². The average Bonchev–Trinajstić information content (AvgIpc) is 2.18. The summed E-state index contributed by atoms with van der Waals surface area (Å²) in [4.78, 5) is 23.7. The van der Waals surface area contributed by atoms with Gasteiger partial charge in [0.1, 0.15) is 0 Å². The fourth-order valence-electron chi connectivity index (χ4n) is 1.76. The minimum absolute atomic E-state index is 0.256. The Hall–Kier alpha value is -0.770. The molecular formula is C10H16ClNO3. The normalized spacial score (nSPS) is 17.6. The number of carbonyl (C=O) groups is 2. The van der Waals surface area contributed by atoms with Crippen LogP contribution in [0.5, 0.6) is 0 Å². The summed E-state index contributed by atoms with van der Waals surface area (Å²) in [6, 6.07) is 0. The molecule has 1 heterocycles. The number of nitrogens with zero attached hydrogens (tertiary/aromatic N) is 1. The Morgan fingerprint density at radius 3 is 2.47 bits per heavy atom. The van der Waals surface area contributed by atoms with Gasteiger partial charge in [-0.05, 0) is 37.3 Å². The minimum Gasteiger partial charge on any atom is -0.450 e. The summed E-state index contributed by atoms with van der Waals surface area (Å²) in [7, 11) is 0. The first kappa shape index (κ1) is 12.3. The molecule has 0 bridgehead atoms. The second-order valence-electron chi connectivity index (χ2n) is 3.69. The molecule has 1 rings (SSSR count). The SMILES string of the molecule is CCOC(=O)N1CCC(CC(=O)Cl)CC1. The van der Waals surface area contributed by atoms with E-state index < -0.39 is 0 Å². The first-order valence-corrected chi connectivity index (χ1v) is 5.61. The molecule has 0 aliphatic carbocycles. The average molecular weight is 234 g/mol. The van der Waals surface area contributed by atoms with Crippen molar-refractivity contribution in [3.8, 4) is 0 Å². The van der Waals surface area contributed by atoms with Gasteiger partial charge in [-0.3, -0.25) is 4.79 Å². The van der Waals surface area contributed by atoms with E-state index in [9.17, 15) is 9.59 Å². The highest BCUT2D eigenvalue weighted by atomic mass is 35.5. The van der Waals surface area contributed by atoms with E-state index in [-0.39, 0.29) is 11.3 Å². The van der Waals surface area contributed by atoms with Gasteiger partial charge in [0, 0.05) is 19.5 Å². The molecule has 0 aromatic rings. The Balaban J connectivity index is 2.29. The number of hydrogen-bond acceptors (Lipinski definition) is 3. The Morgan fingerprint density at radius 2 is 2.00 bits per heavy atom. The van der Waals surface area contributed by atoms with Crippen LogP contribution >= 0.6 is 11.6 Å². The van der Waals surface area contributed by atoms with Gasteiger partial charge in [-0.25, -0.2) is 4.79 Å². The number of amides is 1. The van der Waals surface area contributed by atoms with Crippen molar-refractivity contribution in [3.05, 3.63) is 0 Å². The van der Waals surface area contributed by atoms with Crippen molar-refractivity contribution in [1.29, 1.82) is 0 Å². The molecule has 0 spiro atoms. The molecule has 0 aromatic heterocycles. The lowest BCUT2D eigenvalue weighted by atomic mass is 9.94. The van der Waals surface area contributed by atoms with Gasteiger partial charge in [0.15, 0.2) is 0 Å². The molecule has 1 amide bonds. The first-order chi connectivity index (χ1) is 7.13. The molecule has 0 saturated carbocycles. The molecule has 1 fully saturated rings. The lowest BCUT2D eigenvalue weighted by molar-refractivity contribution is -0.112. The van der Waals surface area contributed by atoms with E-state index >= 15 is 0 Å². The van der Waals surface area contributed by atoms with Crippen molar-refractivity contribution in [1.82, 2.24) is 4.90 Å². The van der Waals surface area contributed by atoms with Crippen LogP contribution in [0.4, 0.5) is 4.79 Å². The van der Waals surface area contributed by atoms with Crippen molar-refractivity contribution in [2.75, 3.05) is 19.7 Å². The van der Waals surface area contributed by atoms with E-state index in [2.05, 4.69) is 0 Å². The highest BCUT2D eigenvalue weighted by Gasteiger charge is 2.24. The number of carbonyl (C=O) groups excluding carboxylic acids is 2. The molecule has 4 nitrogen and oxygen atoms in total. The summed E-state index contributed by atoms with van der Waals surface area (Å²) >= 11 is 5.32. The van der Waals surface area contributed by atoms with Crippen molar-refractivity contribution >= 4 is 22.9 Å². The van der Waals surface area contributed by atoms with Crippen LogP contribution in [-0.2, 0) is 9.53 Å². The van der Waals surface area contributed by atoms with Crippen LogP contribution in [0, 0.1) is 5.92 Å². The second-order valence-corrected chi connectivity index (χ2v) is 4.11. The molecule has 86 valence electrons. The van der Waals surface area contributed by atoms with Crippen molar-refractivity contribution < 1.29 is 14.3 Å². The van der Waals surface area contributed by atoms with Gasteiger partial charge in [-0.2, -0.15) is 0 Å². The highest BCUT2D eigenvalue weighted by Crippen LogP contribution is 2.21. The molecule has 0 aromatic carbocycles. The van der Waals surface area contributed by atoms with Crippen LogP contribution in [0.2, 0.25) is 0 Å². The predicted molar refractivity (Wildman–Crippen MR) is 56.8 cm³/mol. The third-order valence-corrected chi connectivity index (χ3v) is 2.74. The van der Waals surface area contributed by atoms with Gasteiger partial charge in [0.2, 0.25) is 5.24 Å². The van der Waals surface area contributed by atoms with Crippen LogP contribution in [0.15, 0.2) is 0 Å². The summed E-state index contributed by atoms with van der Waals surface area (Å²) in [5, 5.41) is -0.287. The number of ether oxygens (including phenoxy) is 1. The number of halogens is 1. The number of hydrogen-bond donors (Lipinski definition) is 0. The quantitative estimate of drug-likeness (QED) is 0.701. The lowest BCUT2D eigenvalue weighted by Gasteiger charge is -2.30. The van der Waals surface area contributed by atoms with Gasteiger partial charge in [-0.1, -0.05) is 0 Å². The monoisotopic (exact) mass is 233 g/mol. The second kappa shape index (κ2) is 5.95. The van der Waals surface area contributed by atoms with E-state index in [1.54, 1.807) is 11.8 Å². The standard InChI is InChI=1S/C10H16ClNO3/c1-2-15-10(14)12-5-3-8(4-6-12)7-9(11)13/h8H,2-7H2,1H3. The van der Waals surface area contributed by atoms with E-state index in [4.69, 9.17) is 16.3 Å². The highest BCUT2D eigenvalue weighted by molar-refractivity contribution is 6.63. The summed E-state index contributed by atoms with van der Waals surface area (Å²) in [5.41, 5.74) is 0.